The Morgan fingerprint density at radius 1 is 1.26 bits per heavy atom. The van der Waals surface area contributed by atoms with E-state index in [1.807, 2.05) is 6.92 Å². The number of nitrogens with zero attached hydrogens (tertiary/aromatic N) is 2. The van der Waals surface area contributed by atoms with Gasteiger partial charge in [0.1, 0.15) is 6.04 Å². The number of likely N-dealkylation sites (tertiary alicyclic amines) is 1. The van der Waals surface area contributed by atoms with E-state index in [1.165, 1.54) is 4.90 Å². The molecule has 1 N–H and O–H groups in total. The van der Waals surface area contributed by atoms with Crippen molar-refractivity contribution in [3.05, 3.63) is 35.4 Å². The van der Waals surface area contributed by atoms with E-state index in [1.54, 1.807) is 36.2 Å². The maximum atomic E-state index is 12.7. The Balaban J connectivity index is 2.25. The van der Waals surface area contributed by atoms with Gasteiger partial charge < -0.3 is 14.9 Å². The van der Waals surface area contributed by atoms with Gasteiger partial charge in [0, 0.05) is 31.3 Å². The molecule has 1 aliphatic heterocycles. The molecular weight excluding hydrogens is 296 g/mol. The van der Waals surface area contributed by atoms with Crippen LogP contribution in [0.4, 0.5) is 0 Å². The topological polar surface area (TPSA) is 77.9 Å². The van der Waals surface area contributed by atoms with Crippen LogP contribution in [0.15, 0.2) is 24.3 Å². The molecule has 1 fully saturated rings. The second-order valence-electron chi connectivity index (χ2n) is 5.75. The minimum absolute atomic E-state index is 0.157. The number of carbonyl (C=O) groups is 3. The molecule has 1 aromatic carbocycles. The van der Waals surface area contributed by atoms with Crippen LogP contribution in [0.1, 0.15) is 46.9 Å². The summed E-state index contributed by atoms with van der Waals surface area (Å²) in [6.07, 6.45) is 2.07. The predicted molar refractivity (Wildman–Crippen MR) is 85.4 cm³/mol. The fraction of sp³-hybridized carbons (Fsp3) is 0.471. The van der Waals surface area contributed by atoms with Crippen LogP contribution in [0.25, 0.3) is 0 Å². The lowest BCUT2D eigenvalue weighted by Crippen LogP contribution is -2.48. The van der Waals surface area contributed by atoms with E-state index in [2.05, 4.69) is 0 Å². The molecule has 1 aliphatic rings. The van der Waals surface area contributed by atoms with E-state index in [9.17, 15) is 19.5 Å². The molecular formula is C17H22N2O4. The first-order valence-corrected chi connectivity index (χ1v) is 7.85. The van der Waals surface area contributed by atoms with Crippen molar-refractivity contribution in [3.8, 4) is 0 Å². The molecule has 2 amide bonds. The van der Waals surface area contributed by atoms with Crippen LogP contribution in [-0.2, 0) is 4.79 Å². The Morgan fingerprint density at radius 2 is 1.96 bits per heavy atom. The first-order chi connectivity index (χ1) is 11.0. The Kier molecular flexibility index (Phi) is 5.36. The molecule has 0 aliphatic carbocycles. The number of amides is 2. The molecule has 0 saturated carbocycles. The smallest absolute Gasteiger partial charge is 0.326 e. The van der Waals surface area contributed by atoms with Gasteiger partial charge in [-0.05, 0) is 44.4 Å². The van der Waals surface area contributed by atoms with Gasteiger partial charge in [0.15, 0.2) is 0 Å². The van der Waals surface area contributed by atoms with Gasteiger partial charge in [0.2, 0.25) is 0 Å². The van der Waals surface area contributed by atoms with Gasteiger partial charge >= 0.3 is 5.97 Å². The number of aliphatic carboxylic acids is 1. The summed E-state index contributed by atoms with van der Waals surface area (Å²) < 4.78 is 0. The molecule has 1 aromatic rings. The van der Waals surface area contributed by atoms with E-state index in [-0.39, 0.29) is 11.8 Å². The summed E-state index contributed by atoms with van der Waals surface area (Å²) in [7, 11) is 1.70. The molecule has 0 unspecified atom stereocenters. The highest BCUT2D eigenvalue weighted by Crippen LogP contribution is 2.20. The van der Waals surface area contributed by atoms with Crippen LogP contribution in [-0.4, -0.2) is 58.9 Å². The molecule has 0 spiro atoms. The number of rotatable bonds is 4. The van der Waals surface area contributed by atoms with Crippen molar-refractivity contribution in [2.24, 2.45) is 0 Å². The lowest BCUT2D eigenvalue weighted by Gasteiger charge is -2.33. The molecule has 6 heteroatoms. The van der Waals surface area contributed by atoms with Crippen LogP contribution in [0.5, 0.6) is 0 Å². The third kappa shape index (κ3) is 3.70. The Morgan fingerprint density at radius 3 is 2.61 bits per heavy atom. The first-order valence-electron chi connectivity index (χ1n) is 7.85. The molecule has 0 bridgehead atoms. The zero-order valence-electron chi connectivity index (χ0n) is 13.5. The highest BCUT2D eigenvalue weighted by molar-refractivity contribution is 6.00. The summed E-state index contributed by atoms with van der Waals surface area (Å²) in [4.78, 5) is 39.2. The van der Waals surface area contributed by atoms with E-state index in [0.29, 0.717) is 30.6 Å². The zero-order valence-corrected chi connectivity index (χ0v) is 13.5. The number of piperidine rings is 1. The molecule has 124 valence electrons. The van der Waals surface area contributed by atoms with Crippen LogP contribution in [0.2, 0.25) is 0 Å². The van der Waals surface area contributed by atoms with Gasteiger partial charge in [-0.2, -0.15) is 0 Å². The van der Waals surface area contributed by atoms with Crippen molar-refractivity contribution in [2.45, 2.75) is 32.2 Å². The fourth-order valence-corrected chi connectivity index (χ4v) is 2.75. The van der Waals surface area contributed by atoms with Crippen molar-refractivity contribution in [1.82, 2.24) is 9.80 Å². The third-order valence-corrected chi connectivity index (χ3v) is 4.23. The maximum Gasteiger partial charge on any atom is 0.326 e. The summed E-state index contributed by atoms with van der Waals surface area (Å²) in [6.45, 7) is 2.88. The number of benzene rings is 1. The van der Waals surface area contributed by atoms with Crippen LogP contribution in [0, 0.1) is 0 Å². The summed E-state index contributed by atoms with van der Waals surface area (Å²) in [5.41, 5.74) is 0.789. The van der Waals surface area contributed by atoms with E-state index in [0.717, 1.165) is 12.8 Å². The second-order valence-corrected chi connectivity index (χ2v) is 5.75. The summed E-state index contributed by atoms with van der Waals surface area (Å²) in [5.74, 6) is -1.46. The van der Waals surface area contributed by atoms with Crippen molar-refractivity contribution in [2.75, 3.05) is 20.1 Å². The standard InChI is InChI=1S/C17H22N2O4/c1-3-18(2)15(20)12-7-6-8-13(11-12)16(21)19-10-5-4-9-14(19)17(22)23/h6-8,11,14H,3-5,9-10H2,1-2H3,(H,22,23)/t14-/m1/s1. The van der Waals surface area contributed by atoms with Gasteiger partial charge in [0.05, 0.1) is 0 Å². The lowest BCUT2D eigenvalue weighted by molar-refractivity contribution is -0.143. The van der Waals surface area contributed by atoms with Gasteiger partial charge in [-0.15, -0.1) is 0 Å². The van der Waals surface area contributed by atoms with Gasteiger partial charge in [-0.3, -0.25) is 9.59 Å². The fourth-order valence-electron chi connectivity index (χ4n) is 2.75. The van der Waals surface area contributed by atoms with Crippen molar-refractivity contribution in [1.29, 1.82) is 0 Å². The maximum absolute atomic E-state index is 12.7. The molecule has 0 aromatic heterocycles. The molecule has 2 rings (SSSR count). The number of carboxylic acids is 1. The molecule has 1 atom stereocenters. The average Bonchev–Trinajstić information content (AvgIpc) is 2.59. The number of carboxylic acid groups (broad SMARTS) is 1. The minimum atomic E-state index is -0.976. The van der Waals surface area contributed by atoms with E-state index >= 15 is 0 Å². The summed E-state index contributed by atoms with van der Waals surface area (Å²) in [5, 5.41) is 9.30. The highest BCUT2D eigenvalue weighted by atomic mass is 16.4. The highest BCUT2D eigenvalue weighted by Gasteiger charge is 2.32. The summed E-state index contributed by atoms with van der Waals surface area (Å²) >= 11 is 0. The largest absolute Gasteiger partial charge is 0.480 e. The van der Waals surface area contributed by atoms with Crippen molar-refractivity contribution in [3.63, 3.8) is 0 Å². The van der Waals surface area contributed by atoms with Gasteiger partial charge in [-0.25, -0.2) is 4.79 Å². The molecule has 6 nitrogen and oxygen atoms in total. The molecule has 1 heterocycles. The first kappa shape index (κ1) is 17.0. The number of hydrogen-bond acceptors (Lipinski definition) is 3. The molecule has 1 saturated heterocycles. The predicted octanol–water partition coefficient (Wildman–Crippen LogP) is 1.86. The molecule has 0 radical (unpaired) electrons. The Hall–Kier alpha value is -2.37. The average molecular weight is 318 g/mol. The number of carbonyl (C=O) groups excluding carboxylic acids is 2. The van der Waals surface area contributed by atoms with Gasteiger partial charge in [0.25, 0.3) is 11.8 Å². The van der Waals surface area contributed by atoms with Crippen LogP contribution >= 0.6 is 0 Å². The van der Waals surface area contributed by atoms with Gasteiger partial charge in [-0.1, -0.05) is 6.07 Å². The Labute approximate surface area is 135 Å². The second kappa shape index (κ2) is 7.26. The lowest BCUT2D eigenvalue weighted by atomic mass is 10.00. The van der Waals surface area contributed by atoms with E-state index in [4.69, 9.17) is 0 Å². The Bertz CT molecular complexity index is 614. The monoisotopic (exact) mass is 318 g/mol. The van der Waals surface area contributed by atoms with Crippen molar-refractivity contribution >= 4 is 17.8 Å². The SMILES string of the molecule is CCN(C)C(=O)c1cccc(C(=O)N2CCCC[C@@H]2C(=O)O)c1. The molecule has 23 heavy (non-hydrogen) atoms. The van der Waals surface area contributed by atoms with Crippen LogP contribution < -0.4 is 0 Å². The third-order valence-electron chi connectivity index (χ3n) is 4.23. The number of hydrogen-bond donors (Lipinski definition) is 1. The summed E-state index contributed by atoms with van der Waals surface area (Å²) in [6, 6.07) is 5.71. The normalized spacial score (nSPS) is 17.7. The quantitative estimate of drug-likeness (QED) is 0.919. The van der Waals surface area contributed by atoms with Crippen molar-refractivity contribution < 1.29 is 19.5 Å². The minimum Gasteiger partial charge on any atom is -0.480 e. The zero-order chi connectivity index (χ0) is 17.0. The van der Waals surface area contributed by atoms with E-state index < -0.39 is 12.0 Å². The van der Waals surface area contributed by atoms with Crippen LogP contribution in [0.3, 0.4) is 0 Å².